The first-order valence-corrected chi connectivity index (χ1v) is 6.89. The van der Waals surface area contributed by atoms with Crippen molar-refractivity contribution in [2.45, 2.75) is 25.8 Å². The quantitative estimate of drug-likeness (QED) is 0.742. The van der Waals surface area contributed by atoms with E-state index >= 15 is 0 Å². The van der Waals surface area contributed by atoms with Gasteiger partial charge >= 0.3 is 0 Å². The van der Waals surface area contributed by atoms with Crippen molar-refractivity contribution in [3.8, 4) is 0 Å². The van der Waals surface area contributed by atoms with Crippen molar-refractivity contribution in [3.63, 3.8) is 0 Å². The van der Waals surface area contributed by atoms with E-state index in [2.05, 4.69) is 4.72 Å². The first-order chi connectivity index (χ1) is 7.09. The number of nitrogens with zero attached hydrogens (tertiary/aromatic N) is 1. The van der Waals surface area contributed by atoms with Gasteiger partial charge in [-0.15, -0.1) is 0 Å². The van der Waals surface area contributed by atoms with Crippen LogP contribution in [0.2, 0.25) is 0 Å². The van der Waals surface area contributed by atoms with E-state index in [1.165, 1.54) is 4.31 Å². The van der Waals surface area contributed by atoms with Gasteiger partial charge in [0.25, 0.3) is 10.2 Å². The maximum atomic E-state index is 11.9. The maximum absolute atomic E-state index is 11.9. The third-order valence-electron chi connectivity index (χ3n) is 2.97. The van der Waals surface area contributed by atoms with E-state index in [1.54, 1.807) is 0 Å². The van der Waals surface area contributed by atoms with E-state index in [1.807, 2.05) is 6.92 Å². The molecule has 15 heavy (non-hydrogen) atoms. The number of nitrogens with one attached hydrogen (secondary N) is 1. The molecular formula is C9H18N2O3S. The molecule has 0 amide bonds. The second-order valence-corrected chi connectivity index (χ2v) is 5.96. The zero-order chi connectivity index (χ0) is 10.9. The van der Waals surface area contributed by atoms with Gasteiger partial charge in [-0.2, -0.15) is 17.4 Å². The maximum Gasteiger partial charge on any atom is 0.279 e. The SMILES string of the molecule is CC(NS(=O)(=O)N1CCOCC1)C1CC1. The summed E-state index contributed by atoms with van der Waals surface area (Å²) in [5, 5.41) is 0. The molecule has 1 aliphatic heterocycles. The van der Waals surface area contributed by atoms with Crippen LogP contribution in [-0.4, -0.2) is 45.1 Å². The van der Waals surface area contributed by atoms with Gasteiger partial charge in [0.15, 0.2) is 0 Å². The predicted molar refractivity (Wildman–Crippen MR) is 56.6 cm³/mol. The first-order valence-electron chi connectivity index (χ1n) is 5.45. The smallest absolute Gasteiger partial charge is 0.279 e. The molecule has 2 rings (SSSR count). The highest BCUT2D eigenvalue weighted by molar-refractivity contribution is 7.87. The zero-order valence-electron chi connectivity index (χ0n) is 8.98. The van der Waals surface area contributed by atoms with Crippen LogP contribution < -0.4 is 4.72 Å². The van der Waals surface area contributed by atoms with Crippen LogP contribution in [0.15, 0.2) is 0 Å². The van der Waals surface area contributed by atoms with E-state index in [4.69, 9.17) is 4.74 Å². The summed E-state index contributed by atoms with van der Waals surface area (Å²) < 4.78 is 33.1. The molecule has 1 atom stereocenters. The molecule has 5 nitrogen and oxygen atoms in total. The largest absolute Gasteiger partial charge is 0.379 e. The predicted octanol–water partition coefficient (Wildman–Crippen LogP) is -0.0485. The lowest BCUT2D eigenvalue weighted by molar-refractivity contribution is 0.0723. The Kier molecular flexibility index (Phi) is 3.30. The van der Waals surface area contributed by atoms with Crippen molar-refractivity contribution >= 4 is 10.2 Å². The average Bonchev–Trinajstić information content (AvgIpc) is 3.01. The van der Waals surface area contributed by atoms with Gasteiger partial charge in [0.2, 0.25) is 0 Å². The van der Waals surface area contributed by atoms with Gasteiger partial charge in [-0.25, -0.2) is 0 Å². The molecule has 0 bridgehead atoms. The Morgan fingerprint density at radius 1 is 1.33 bits per heavy atom. The Bertz CT molecular complexity index is 307. The summed E-state index contributed by atoms with van der Waals surface area (Å²) in [5.74, 6) is 0.542. The molecule has 2 aliphatic rings. The molecule has 1 aliphatic carbocycles. The molecule has 1 saturated carbocycles. The lowest BCUT2D eigenvalue weighted by atomic mass is 10.2. The third kappa shape index (κ3) is 2.90. The molecule has 0 spiro atoms. The average molecular weight is 234 g/mol. The van der Waals surface area contributed by atoms with Crippen LogP contribution in [0.4, 0.5) is 0 Å². The Morgan fingerprint density at radius 3 is 2.47 bits per heavy atom. The number of ether oxygens (including phenoxy) is 1. The van der Waals surface area contributed by atoms with E-state index in [-0.39, 0.29) is 6.04 Å². The molecule has 0 aromatic heterocycles. The van der Waals surface area contributed by atoms with Crippen molar-refractivity contribution < 1.29 is 13.2 Å². The van der Waals surface area contributed by atoms with Crippen molar-refractivity contribution in [1.82, 2.24) is 9.03 Å². The van der Waals surface area contributed by atoms with Crippen molar-refractivity contribution in [2.24, 2.45) is 5.92 Å². The molecule has 1 saturated heterocycles. The summed E-state index contributed by atoms with van der Waals surface area (Å²) >= 11 is 0. The highest BCUT2D eigenvalue weighted by atomic mass is 32.2. The Hall–Kier alpha value is -0.170. The highest BCUT2D eigenvalue weighted by Gasteiger charge is 2.33. The van der Waals surface area contributed by atoms with Gasteiger partial charge in [0, 0.05) is 19.1 Å². The van der Waals surface area contributed by atoms with Crippen LogP contribution in [-0.2, 0) is 14.9 Å². The van der Waals surface area contributed by atoms with Crippen LogP contribution in [0.5, 0.6) is 0 Å². The van der Waals surface area contributed by atoms with Crippen molar-refractivity contribution in [1.29, 1.82) is 0 Å². The minimum absolute atomic E-state index is 0.0674. The molecule has 0 aromatic carbocycles. The van der Waals surface area contributed by atoms with Crippen molar-refractivity contribution in [2.75, 3.05) is 26.3 Å². The molecule has 88 valence electrons. The molecular weight excluding hydrogens is 216 g/mol. The van der Waals surface area contributed by atoms with E-state index in [0.29, 0.717) is 32.2 Å². The van der Waals surface area contributed by atoms with E-state index < -0.39 is 10.2 Å². The number of morpholine rings is 1. The molecule has 0 radical (unpaired) electrons. The van der Waals surface area contributed by atoms with Crippen LogP contribution in [0.25, 0.3) is 0 Å². The van der Waals surface area contributed by atoms with Crippen molar-refractivity contribution in [3.05, 3.63) is 0 Å². The minimum Gasteiger partial charge on any atom is -0.379 e. The Morgan fingerprint density at radius 2 is 1.93 bits per heavy atom. The number of rotatable bonds is 4. The molecule has 1 unspecified atom stereocenters. The standard InChI is InChI=1S/C9H18N2O3S/c1-8(9-2-3-9)10-15(12,13)11-4-6-14-7-5-11/h8-10H,2-7H2,1H3. The summed E-state index contributed by atoms with van der Waals surface area (Å²) in [6.45, 7) is 3.87. The molecule has 1 heterocycles. The minimum atomic E-state index is -3.28. The van der Waals surface area contributed by atoms with Crippen LogP contribution >= 0.6 is 0 Å². The van der Waals surface area contributed by atoms with Gasteiger partial charge < -0.3 is 4.74 Å². The van der Waals surface area contributed by atoms with E-state index in [9.17, 15) is 8.42 Å². The van der Waals surface area contributed by atoms with Crippen LogP contribution in [0.1, 0.15) is 19.8 Å². The van der Waals surface area contributed by atoms with Gasteiger partial charge in [-0.05, 0) is 25.7 Å². The summed E-state index contributed by atoms with van der Waals surface area (Å²) in [7, 11) is -3.28. The second kappa shape index (κ2) is 4.37. The fraction of sp³-hybridized carbons (Fsp3) is 1.00. The van der Waals surface area contributed by atoms with Gasteiger partial charge in [0.1, 0.15) is 0 Å². The summed E-state index contributed by atoms with van der Waals surface area (Å²) in [6, 6.07) is 0.0674. The summed E-state index contributed by atoms with van der Waals surface area (Å²) in [4.78, 5) is 0. The van der Waals surface area contributed by atoms with Gasteiger partial charge in [-0.1, -0.05) is 0 Å². The monoisotopic (exact) mass is 234 g/mol. The lowest BCUT2D eigenvalue weighted by Crippen LogP contribution is -2.49. The number of hydrogen-bond donors (Lipinski definition) is 1. The zero-order valence-corrected chi connectivity index (χ0v) is 9.79. The fourth-order valence-corrected chi connectivity index (χ4v) is 3.23. The molecule has 0 aromatic rings. The van der Waals surface area contributed by atoms with Crippen LogP contribution in [0, 0.1) is 5.92 Å². The molecule has 6 heteroatoms. The molecule has 2 fully saturated rings. The Balaban J connectivity index is 1.92. The highest BCUT2D eigenvalue weighted by Crippen LogP contribution is 2.32. The second-order valence-electron chi connectivity index (χ2n) is 4.26. The van der Waals surface area contributed by atoms with Gasteiger partial charge in [-0.3, -0.25) is 0 Å². The van der Waals surface area contributed by atoms with Gasteiger partial charge in [0.05, 0.1) is 13.2 Å². The molecule has 1 N–H and O–H groups in total. The summed E-state index contributed by atoms with van der Waals surface area (Å²) in [5.41, 5.74) is 0. The van der Waals surface area contributed by atoms with Crippen LogP contribution in [0.3, 0.4) is 0 Å². The Labute approximate surface area is 91.0 Å². The number of hydrogen-bond acceptors (Lipinski definition) is 3. The lowest BCUT2D eigenvalue weighted by Gasteiger charge is -2.27. The third-order valence-corrected chi connectivity index (χ3v) is 4.69. The fourth-order valence-electron chi connectivity index (χ4n) is 1.79. The first kappa shape index (κ1) is 11.3. The topological polar surface area (TPSA) is 58.6 Å². The summed E-state index contributed by atoms with van der Waals surface area (Å²) in [6.07, 6.45) is 2.29. The normalized spacial score (nSPS) is 26.5. The van der Waals surface area contributed by atoms with E-state index in [0.717, 1.165) is 12.8 Å².